The Balaban J connectivity index is 1.52. The number of benzene rings is 3. The maximum absolute atomic E-state index is 14.6. The third kappa shape index (κ3) is 5.63. The third-order valence-corrected chi connectivity index (χ3v) is 8.49. The van der Waals surface area contributed by atoms with Gasteiger partial charge in [0.15, 0.2) is 11.5 Å². The second kappa shape index (κ2) is 12.7. The number of hydrogen-bond donors (Lipinski definition) is 0. The van der Waals surface area contributed by atoms with Crippen molar-refractivity contribution in [1.29, 1.82) is 0 Å². The van der Waals surface area contributed by atoms with E-state index < -0.39 is 12.0 Å². The summed E-state index contributed by atoms with van der Waals surface area (Å²) in [6.07, 6.45) is 3.71. The molecule has 0 saturated carbocycles. The van der Waals surface area contributed by atoms with E-state index in [9.17, 15) is 9.59 Å². The Hall–Kier alpha value is -4.00. The van der Waals surface area contributed by atoms with Gasteiger partial charge < -0.3 is 24.0 Å². The van der Waals surface area contributed by atoms with Gasteiger partial charge in [-0.3, -0.25) is 9.59 Å². The predicted molar refractivity (Wildman–Crippen MR) is 159 cm³/mol. The summed E-state index contributed by atoms with van der Waals surface area (Å²) < 4.78 is 16.9. The molecule has 0 N–H and O–H groups in total. The molecule has 0 spiro atoms. The van der Waals surface area contributed by atoms with Crippen LogP contribution in [0.1, 0.15) is 65.2 Å². The minimum Gasteiger partial charge on any atom is -0.493 e. The Bertz CT molecular complexity index is 1340. The van der Waals surface area contributed by atoms with Crippen LogP contribution in [-0.4, -0.2) is 62.6 Å². The fraction of sp³-hybridized carbons (Fsp3) is 0.412. The number of fused-ring (bicyclic) bond motifs is 1. The SMILES string of the molecule is CCCN1C(=O)c2ccccc2[C@H](C(=O)N2CCC(Cc3ccccc3)CC2)[C@H]1c1cc(OC)c(OC)c(OC)c1. The van der Waals surface area contributed by atoms with Crippen LogP contribution in [0, 0.1) is 5.92 Å². The monoisotopic (exact) mass is 556 g/mol. The number of nitrogens with zero attached hydrogens (tertiary/aromatic N) is 2. The molecule has 0 unspecified atom stereocenters. The van der Waals surface area contributed by atoms with Crippen molar-refractivity contribution in [1.82, 2.24) is 9.80 Å². The summed E-state index contributed by atoms with van der Waals surface area (Å²) in [5, 5.41) is 0. The van der Waals surface area contributed by atoms with Gasteiger partial charge in [-0.2, -0.15) is 0 Å². The fourth-order valence-electron chi connectivity index (χ4n) is 6.49. The Morgan fingerprint density at radius 2 is 1.51 bits per heavy atom. The average Bonchev–Trinajstić information content (AvgIpc) is 3.02. The first-order chi connectivity index (χ1) is 20.0. The number of hydrogen-bond acceptors (Lipinski definition) is 5. The third-order valence-electron chi connectivity index (χ3n) is 8.49. The van der Waals surface area contributed by atoms with E-state index in [1.54, 1.807) is 21.3 Å². The highest BCUT2D eigenvalue weighted by molar-refractivity contribution is 6.01. The first-order valence-corrected chi connectivity index (χ1v) is 14.5. The number of rotatable bonds is 9. The average molecular weight is 557 g/mol. The van der Waals surface area contributed by atoms with Crippen LogP contribution >= 0.6 is 0 Å². The first-order valence-electron chi connectivity index (χ1n) is 14.5. The van der Waals surface area contributed by atoms with Crippen molar-refractivity contribution >= 4 is 11.8 Å². The number of carbonyl (C=O) groups is 2. The van der Waals surface area contributed by atoms with Crippen LogP contribution < -0.4 is 14.2 Å². The van der Waals surface area contributed by atoms with Crippen molar-refractivity contribution in [3.05, 3.63) is 89.0 Å². The van der Waals surface area contributed by atoms with Gasteiger partial charge in [0, 0.05) is 25.2 Å². The van der Waals surface area contributed by atoms with Gasteiger partial charge in [-0.25, -0.2) is 0 Å². The zero-order chi connectivity index (χ0) is 28.9. The van der Waals surface area contributed by atoms with Crippen molar-refractivity contribution in [2.75, 3.05) is 41.0 Å². The van der Waals surface area contributed by atoms with E-state index in [0.29, 0.717) is 48.4 Å². The molecule has 2 aliphatic heterocycles. The van der Waals surface area contributed by atoms with Gasteiger partial charge >= 0.3 is 0 Å². The zero-order valence-corrected chi connectivity index (χ0v) is 24.5. The van der Waals surface area contributed by atoms with Crippen LogP contribution in [0.15, 0.2) is 66.7 Å². The smallest absolute Gasteiger partial charge is 0.254 e. The lowest BCUT2D eigenvalue weighted by Crippen LogP contribution is -2.50. The van der Waals surface area contributed by atoms with Gasteiger partial charge in [-0.05, 0) is 66.5 Å². The minimum atomic E-state index is -0.552. The van der Waals surface area contributed by atoms with E-state index in [-0.39, 0.29) is 11.8 Å². The molecule has 5 rings (SSSR count). The van der Waals surface area contributed by atoms with Crippen LogP contribution in [0.4, 0.5) is 0 Å². The molecule has 3 aromatic rings. The number of piperidine rings is 1. The molecule has 1 fully saturated rings. The molecule has 1 saturated heterocycles. The number of amides is 2. The van der Waals surface area contributed by atoms with E-state index in [1.807, 2.05) is 59.2 Å². The quantitative estimate of drug-likeness (QED) is 0.329. The predicted octanol–water partition coefficient (Wildman–Crippen LogP) is 5.88. The van der Waals surface area contributed by atoms with Gasteiger partial charge in [0.25, 0.3) is 5.91 Å². The van der Waals surface area contributed by atoms with Crippen LogP contribution in [0.5, 0.6) is 17.2 Å². The number of methoxy groups -OCH3 is 3. The Kier molecular flexibility index (Phi) is 8.81. The van der Waals surface area contributed by atoms with Crippen LogP contribution in [0.3, 0.4) is 0 Å². The summed E-state index contributed by atoms with van der Waals surface area (Å²) in [6, 6.07) is 21.4. The summed E-state index contributed by atoms with van der Waals surface area (Å²) in [5.74, 6) is 1.46. The van der Waals surface area contributed by atoms with Crippen molar-refractivity contribution in [3.8, 4) is 17.2 Å². The molecule has 41 heavy (non-hydrogen) atoms. The second-order valence-electron chi connectivity index (χ2n) is 10.9. The van der Waals surface area contributed by atoms with Crippen molar-refractivity contribution in [2.45, 2.75) is 44.6 Å². The van der Waals surface area contributed by atoms with Crippen molar-refractivity contribution in [2.24, 2.45) is 5.92 Å². The van der Waals surface area contributed by atoms with Gasteiger partial charge in [0.05, 0.1) is 33.3 Å². The van der Waals surface area contributed by atoms with Crippen LogP contribution in [0.2, 0.25) is 0 Å². The molecule has 2 heterocycles. The summed E-state index contributed by atoms with van der Waals surface area (Å²) >= 11 is 0. The summed E-state index contributed by atoms with van der Waals surface area (Å²) in [7, 11) is 4.72. The van der Waals surface area contributed by atoms with Crippen molar-refractivity contribution in [3.63, 3.8) is 0 Å². The molecule has 2 atom stereocenters. The second-order valence-corrected chi connectivity index (χ2v) is 10.9. The molecule has 3 aromatic carbocycles. The van der Waals surface area contributed by atoms with Gasteiger partial charge in [0.2, 0.25) is 11.7 Å². The highest BCUT2D eigenvalue weighted by Gasteiger charge is 2.46. The molecular formula is C34H40N2O5. The first kappa shape index (κ1) is 28.5. The molecule has 2 aliphatic rings. The maximum Gasteiger partial charge on any atom is 0.254 e. The minimum absolute atomic E-state index is 0.0583. The molecule has 0 aromatic heterocycles. The fourth-order valence-corrected chi connectivity index (χ4v) is 6.49. The highest BCUT2D eigenvalue weighted by atomic mass is 16.5. The van der Waals surface area contributed by atoms with Gasteiger partial charge in [-0.15, -0.1) is 0 Å². The largest absolute Gasteiger partial charge is 0.493 e. The molecule has 0 bridgehead atoms. The summed E-state index contributed by atoms with van der Waals surface area (Å²) in [4.78, 5) is 32.3. The van der Waals surface area contributed by atoms with E-state index in [4.69, 9.17) is 14.2 Å². The maximum atomic E-state index is 14.6. The van der Waals surface area contributed by atoms with Gasteiger partial charge in [0.1, 0.15) is 0 Å². The van der Waals surface area contributed by atoms with E-state index >= 15 is 0 Å². The lowest BCUT2D eigenvalue weighted by molar-refractivity contribution is -0.136. The van der Waals surface area contributed by atoms with E-state index in [0.717, 1.165) is 36.8 Å². The van der Waals surface area contributed by atoms with Crippen LogP contribution in [-0.2, 0) is 11.2 Å². The van der Waals surface area contributed by atoms with E-state index in [1.165, 1.54) is 5.56 Å². The zero-order valence-electron chi connectivity index (χ0n) is 24.5. The summed E-state index contributed by atoms with van der Waals surface area (Å²) in [5.41, 5.74) is 3.50. The number of carbonyl (C=O) groups excluding carboxylic acids is 2. The standard InChI is InChI=1S/C34H40N2O5/c1-5-17-36-31(25-21-28(39-2)32(41-4)29(22-25)40-3)30(26-13-9-10-14-27(26)33(36)37)34(38)35-18-15-24(16-19-35)20-23-11-7-6-8-12-23/h6-14,21-22,24,30-31H,5,15-20H2,1-4H3/t30-,31+/m0/s1. The normalized spacial score (nSPS) is 19.1. The Morgan fingerprint density at radius 3 is 2.12 bits per heavy atom. The highest BCUT2D eigenvalue weighted by Crippen LogP contribution is 2.48. The molecule has 7 nitrogen and oxygen atoms in total. The molecule has 0 aliphatic carbocycles. The molecule has 0 radical (unpaired) electrons. The molecule has 216 valence electrons. The van der Waals surface area contributed by atoms with Crippen LogP contribution in [0.25, 0.3) is 0 Å². The summed E-state index contributed by atoms with van der Waals surface area (Å²) in [6.45, 7) is 3.99. The molecule has 2 amide bonds. The molecular weight excluding hydrogens is 516 g/mol. The Labute approximate surface area is 243 Å². The molecule has 7 heteroatoms. The number of likely N-dealkylation sites (tertiary alicyclic amines) is 1. The Morgan fingerprint density at radius 1 is 0.878 bits per heavy atom. The van der Waals surface area contributed by atoms with Gasteiger partial charge in [-0.1, -0.05) is 55.5 Å². The van der Waals surface area contributed by atoms with E-state index in [2.05, 4.69) is 24.3 Å². The lowest BCUT2D eigenvalue weighted by Gasteiger charge is -2.44. The number of ether oxygens (including phenoxy) is 3. The topological polar surface area (TPSA) is 68.3 Å². The van der Waals surface area contributed by atoms with Crippen molar-refractivity contribution < 1.29 is 23.8 Å². The lowest BCUT2D eigenvalue weighted by atomic mass is 9.78.